The van der Waals surface area contributed by atoms with Gasteiger partial charge in [0.25, 0.3) is 5.56 Å². The molecule has 9 heteroatoms. The van der Waals surface area contributed by atoms with Gasteiger partial charge in [-0.25, -0.2) is 9.37 Å². The summed E-state index contributed by atoms with van der Waals surface area (Å²) in [5, 5.41) is 3.43. The van der Waals surface area contributed by atoms with Crippen molar-refractivity contribution in [1.29, 1.82) is 0 Å². The number of hydrogen-bond donors (Lipinski definition) is 1. The average molecular weight is 458 g/mol. The van der Waals surface area contributed by atoms with E-state index in [4.69, 9.17) is 9.47 Å². The fraction of sp³-hybridized carbons (Fsp3) is 0.348. The second kappa shape index (κ2) is 9.60. The first-order valence-corrected chi connectivity index (χ1v) is 11.3. The lowest BCUT2D eigenvalue weighted by Gasteiger charge is -2.26. The molecule has 1 aliphatic heterocycles. The summed E-state index contributed by atoms with van der Waals surface area (Å²) in [4.78, 5) is 30.3. The van der Waals surface area contributed by atoms with Gasteiger partial charge in [0.1, 0.15) is 5.82 Å². The maximum Gasteiger partial charge on any atom is 0.261 e. The quantitative estimate of drug-likeness (QED) is 0.583. The maximum atomic E-state index is 14.0. The zero-order chi connectivity index (χ0) is 22.7. The number of aryl methyl sites for hydroxylation is 1. The van der Waals surface area contributed by atoms with Crippen molar-refractivity contribution < 1.29 is 18.7 Å². The third-order valence-electron chi connectivity index (χ3n) is 5.49. The molecule has 2 aromatic carbocycles. The number of amides is 1. The van der Waals surface area contributed by atoms with Crippen molar-refractivity contribution in [2.45, 2.75) is 36.7 Å². The first-order chi connectivity index (χ1) is 15.5. The largest absolute Gasteiger partial charge is 0.493 e. The van der Waals surface area contributed by atoms with Gasteiger partial charge in [0.05, 0.1) is 37.5 Å². The van der Waals surface area contributed by atoms with Gasteiger partial charge in [-0.05, 0) is 30.5 Å². The van der Waals surface area contributed by atoms with Crippen LogP contribution in [0.5, 0.6) is 11.5 Å². The monoisotopic (exact) mass is 457 g/mol. The number of ether oxygens (including phenoxy) is 2. The molecule has 0 fully saturated rings. The van der Waals surface area contributed by atoms with Gasteiger partial charge in [0.2, 0.25) is 5.91 Å². The molecule has 1 aliphatic rings. The van der Waals surface area contributed by atoms with Gasteiger partial charge < -0.3 is 14.8 Å². The highest BCUT2D eigenvalue weighted by Gasteiger charge is 2.24. The molecule has 1 atom stereocenters. The Kier molecular flexibility index (Phi) is 6.64. The van der Waals surface area contributed by atoms with Crippen molar-refractivity contribution in [3.63, 3.8) is 0 Å². The van der Waals surface area contributed by atoms with Crippen LogP contribution in [0.15, 0.2) is 46.3 Å². The molecule has 0 bridgehead atoms. The molecule has 4 rings (SSSR count). The highest BCUT2D eigenvalue weighted by Crippen LogP contribution is 2.37. The fourth-order valence-corrected chi connectivity index (χ4v) is 5.00. The van der Waals surface area contributed by atoms with E-state index in [2.05, 4.69) is 10.3 Å². The fourth-order valence-electron chi connectivity index (χ4n) is 3.86. The molecule has 0 spiro atoms. The predicted molar refractivity (Wildman–Crippen MR) is 121 cm³/mol. The second-order valence-corrected chi connectivity index (χ2v) is 8.59. The lowest BCUT2D eigenvalue weighted by Crippen LogP contribution is -2.31. The van der Waals surface area contributed by atoms with E-state index in [1.54, 1.807) is 18.2 Å². The Bertz CT molecular complexity index is 1210. The summed E-state index contributed by atoms with van der Waals surface area (Å²) < 4.78 is 26.0. The van der Waals surface area contributed by atoms with E-state index in [-0.39, 0.29) is 29.7 Å². The van der Waals surface area contributed by atoms with Crippen LogP contribution in [0.2, 0.25) is 0 Å². The Hall–Kier alpha value is -3.07. The molecule has 0 aliphatic carbocycles. The molecule has 7 nitrogen and oxygen atoms in total. The van der Waals surface area contributed by atoms with Crippen LogP contribution in [-0.2, 0) is 11.3 Å². The van der Waals surface area contributed by atoms with Crippen LogP contribution < -0.4 is 20.3 Å². The summed E-state index contributed by atoms with van der Waals surface area (Å²) in [6.45, 7) is 0.356. The Morgan fingerprint density at radius 2 is 2.06 bits per heavy atom. The first-order valence-electron chi connectivity index (χ1n) is 10.3. The van der Waals surface area contributed by atoms with Gasteiger partial charge in [0, 0.05) is 29.7 Å². The Labute approximate surface area is 188 Å². The molecular weight excluding hydrogens is 433 g/mol. The molecule has 1 aromatic heterocycles. The molecule has 3 aromatic rings. The number of benzene rings is 2. The molecule has 0 saturated heterocycles. The summed E-state index contributed by atoms with van der Waals surface area (Å²) in [6.07, 6.45) is 2.96. The van der Waals surface area contributed by atoms with Crippen LogP contribution in [0.25, 0.3) is 10.9 Å². The lowest BCUT2D eigenvalue weighted by molar-refractivity contribution is -0.122. The molecule has 32 heavy (non-hydrogen) atoms. The van der Waals surface area contributed by atoms with E-state index < -0.39 is 0 Å². The zero-order valence-electron chi connectivity index (χ0n) is 17.9. The first kappa shape index (κ1) is 22.1. The van der Waals surface area contributed by atoms with Crippen molar-refractivity contribution in [3.8, 4) is 11.5 Å². The van der Waals surface area contributed by atoms with E-state index in [0.29, 0.717) is 40.3 Å². The van der Waals surface area contributed by atoms with Crippen LogP contribution in [0.3, 0.4) is 0 Å². The van der Waals surface area contributed by atoms with E-state index >= 15 is 0 Å². The minimum absolute atomic E-state index is 0.120. The number of nitrogens with one attached hydrogen (secondary N) is 1. The topological polar surface area (TPSA) is 82.5 Å². The number of fused-ring (bicyclic) bond motifs is 2. The molecule has 0 unspecified atom stereocenters. The third kappa shape index (κ3) is 4.43. The van der Waals surface area contributed by atoms with Crippen LogP contribution in [0.4, 0.5) is 4.39 Å². The number of carbonyl (C=O) groups is 1. The van der Waals surface area contributed by atoms with Gasteiger partial charge in [-0.3, -0.25) is 14.2 Å². The average Bonchev–Trinajstić information content (AvgIpc) is 2.80. The number of halogens is 1. The minimum Gasteiger partial charge on any atom is -0.493 e. The maximum absolute atomic E-state index is 14.0. The number of aromatic nitrogens is 2. The molecule has 0 radical (unpaired) electrons. The highest BCUT2D eigenvalue weighted by atomic mass is 32.2. The van der Waals surface area contributed by atoms with Crippen molar-refractivity contribution in [2.75, 3.05) is 20.0 Å². The van der Waals surface area contributed by atoms with E-state index in [9.17, 15) is 14.0 Å². The molecular formula is C23H24FN3O4S. The Morgan fingerprint density at radius 1 is 1.28 bits per heavy atom. The third-order valence-corrected chi connectivity index (χ3v) is 6.65. The van der Waals surface area contributed by atoms with Crippen molar-refractivity contribution in [3.05, 3.63) is 58.4 Å². The summed E-state index contributed by atoms with van der Waals surface area (Å²) in [7, 11) is 3.03. The number of carbonyl (C=O) groups excluding carboxylic acids is 1. The molecule has 0 saturated carbocycles. The summed E-state index contributed by atoms with van der Waals surface area (Å²) in [5.74, 6) is 1.35. The van der Waals surface area contributed by atoms with Gasteiger partial charge in [-0.1, -0.05) is 12.1 Å². The van der Waals surface area contributed by atoms with Crippen LogP contribution in [0, 0.1) is 5.82 Å². The van der Waals surface area contributed by atoms with E-state index in [0.717, 1.165) is 17.7 Å². The number of hydrogen-bond acceptors (Lipinski definition) is 6. The standard InChI is InChI=1S/C23H24FN3O4S/c1-30-19-11-15-18(12-20(19)31-2)25-13-27(23(15)29)9-4-7-21(28)26-17-8-10-32-22-14(17)5-3-6-16(22)24/h3,5-6,11-13,17H,4,7-10H2,1-2H3,(H,26,28)/t17-/m1/s1. The smallest absolute Gasteiger partial charge is 0.261 e. The Morgan fingerprint density at radius 3 is 2.84 bits per heavy atom. The normalized spacial score (nSPS) is 15.3. The highest BCUT2D eigenvalue weighted by molar-refractivity contribution is 7.99. The summed E-state index contributed by atoms with van der Waals surface area (Å²) in [5.41, 5.74) is 1.14. The number of thioether (sulfide) groups is 1. The SMILES string of the molecule is COc1cc2ncn(CCCC(=O)N[C@@H]3CCSc4c(F)cccc43)c(=O)c2cc1OC. The molecule has 1 amide bonds. The van der Waals surface area contributed by atoms with Crippen LogP contribution >= 0.6 is 11.8 Å². The van der Waals surface area contributed by atoms with Gasteiger partial charge in [0.15, 0.2) is 11.5 Å². The Balaban J connectivity index is 1.41. The van der Waals surface area contributed by atoms with Crippen LogP contribution in [0.1, 0.15) is 30.9 Å². The molecule has 168 valence electrons. The number of methoxy groups -OCH3 is 2. The van der Waals surface area contributed by atoms with E-state index in [1.165, 1.54) is 42.9 Å². The molecule has 1 N–H and O–H groups in total. The second-order valence-electron chi connectivity index (χ2n) is 7.49. The van der Waals surface area contributed by atoms with Crippen molar-refractivity contribution in [1.82, 2.24) is 14.9 Å². The van der Waals surface area contributed by atoms with Crippen molar-refractivity contribution >= 4 is 28.6 Å². The van der Waals surface area contributed by atoms with Crippen molar-refractivity contribution in [2.24, 2.45) is 0 Å². The summed E-state index contributed by atoms with van der Waals surface area (Å²) >= 11 is 1.48. The number of rotatable bonds is 7. The van der Waals surface area contributed by atoms with Gasteiger partial charge in [-0.15, -0.1) is 11.8 Å². The minimum atomic E-state index is -0.246. The van der Waals surface area contributed by atoms with Gasteiger partial charge in [-0.2, -0.15) is 0 Å². The lowest BCUT2D eigenvalue weighted by atomic mass is 10.0. The zero-order valence-corrected chi connectivity index (χ0v) is 18.7. The summed E-state index contributed by atoms with van der Waals surface area (Å²) in [6, 6.07) is 8.06. The predicted octanol–water partition coefficient (Wildman–Crippen LogP) is 3.69. The number of nitrogens with zero attached hydrogens (tertiary/aromatic N) is 2. The van der Waals surface area contributed by atoms with E-state index in [1.807, 2.05) is 6.07 Å². The molecule has 2 heterocycles. The van der Waals surface area contributed by atoms with Crippen LogP contribution in [-0.4, -0.2) is 35.4 Å². The van der Waals surface area contributed by atoms with Gasteiger partial charge >= 0.3 is 0 Å².